The van der Waals surface area contributed by atoms with Crippen molar-refractivity contribution in [2.45, 2.75) is 32.2 Å². The Kier molecular flexibility index (Phi) is 3.47. The van der Waals surface area contributed by atoms with Gasteiger partial charge in [-0.3, -0.25) is 4.79 Å². The van der Waals surface area contributed by atoms with Gasteiger partial charge in [0.15, 0.2) is 6.04 Å². The molecule has 17 heavy (non-hydrogen) atoms. The van der Waals surface area contributed by atoms with Crippen LogP contribution in [0.1, 0.15) is 26.2 Å². The van der Waals surface area contributed by atoms with E-state index >= 15 is 0 Å². The Morgan fingerprint density at radius 3 is 2.76 bits per heavy atom. The maximum Gasteiger partial charge on any atom is 0.328 e. The van der Waals surface area contributed by atoms with Gasteiger partial charge in [0.05, 0.1) is 13.2 Å². The highest BCUT2D eigenvalue weighted by molar-refractivity contribution is 5.97. The van der Waals surface area contributed by atoms with Gasteiger partial charge in [0, 0.05) is 12.1 Å². The van der Waals surface area contributed by atoms with Crippen LogP contribution in [0.4, 0.5) is 0 Å². The van der Waals surface area contributed by atoms with Crippen LogP contribution in [0.5, 0.6) is 0 Å². The lowest BCUT2D eigenvalue weighted by Crippen LogP contribution is -2.53. The van der Waals surface area contributed by atoms with Gasteiger partial charge < -0.3 is 14.7 Å². The average molecular weight is 239 g/mol. The van der Waals surface area contributed by atoms with Gasteiger partial charge in [-0.1, -0.05) is 5.57 Å². The van der Waals surface area contributed by atoms with Gasteiger partial charge in [-0.2, -0.15) is 0 Å². The number of carboxylic acid groups (broad SMARTS) is 1. The molecular formula is C12H17NO4. The van der Waals surface area contributed by atoms with Crippen LogP contribution in [0.15, 0.2) is 11.1 Å². The first-order valence-corrected chi connectivity index (χ1v) is 5.91. The molecule has 0 aromatic heterocycles. The van der Waals surface area contributed by atoms with Gasteiger partial charge in [-0.15, -0.1) is 0 Å². The molecule has 1 heterocycles. The summed E-state index contributed by atoms with van der Waals surface area (Å²) in [6.45, 7) is 2.83. The first-order valence-electron chi connectivity index (χ1n) is 5.91. The number of aliphatic carboxylic acids is 1. The fourth-order valence-corrected chi connectivity index (χ4v) is 2.41. The minimum Gasteiger partial charge on any atom is -0.480 e. The van der Waals surface area contributed by atoms with E-state index in [1.54, 1.807) is 0 Å². The number of carbonyl (C=O) groups is 2. The number of allylic oxidation sites excluding steroid dienone is 1. The second-order valence-corrected chi connectivity index (χ2v) is 4.54. The van der Waals surface area contributed by atoms with E-state index in [2.05, 4.69) is 0 Å². The van der Waals surface area contributed by atoms with E-state index in [0.29, 0.717) is 13.2 Å². The molecule has 0 saturated carbocycles. The molecule has 1 amide bonds. The summed E-state index contributed by atoms with van der Waals surface area (Å²) in [6.07, 6.45) is 2.71. The van der Waals surface area contributed by atoms with Crippen molar-refractivity contribution in [3.05, 3.63) is 11.1 Å². The smallest absolute Gasteiger partial charge is 0.328 e. The fourth-order valence-electron chi connectivity index (χ4n) is 2.41. The first kappa shape index (κ1) is 12.1. The van der Waals surface area contributed by atoms with E-state index in [9.17, 15) is 9.59 Å². The van der Waals surface area contributed by atoms with Crippen molar-refractivity contribution < 1.29 is 19.4 Å². The van der Waals surface area contributed by atoms with Gasteiger partial charge in [-0.25, -0.2) is 4.79 Å². The molecule has 1 unspecified atom stereocenters. The largest absolute Gasteiger partial charge is 0.480 e. The van der Waals surface area contributed by atoms with Crippen molar-refractivity contribution in [1.82, 2.24) is 4.90 Å². The van der Waals surface area contributed by atoms with E-state index in [4.69, 9.17) is 9.84 Å². The minimum atomic E-state index is -0.991. The predicted octanol–water partition coefficient (Wildman–Crippen LogP) is 0.799. The molecule has 2 aliphatic rings. The summed E-state index contributed by atoms with van der Waals surface area (Å²) in [5, 5.41) is 9.08. The lowest BCUT2D eigenvalue weighted by atomic mass is 10.1. The van der Waals surface area contributed by atoms with Crippen LogP contribution >= 0.6 is 0 Å². The van der Waals surface area contributed by atoms with Crippen LogP contribution in [0, 0.1) is 0 Å². The van der Waals surface area contributed by atoms with Crippen LogP contribution in [-0.4, -0.2) is 47.7 Å². The Bertz CT molecular complexity index is 375. The molecule has 5 nitrogen and oxygen atoms in total. The molecule has 5 heteroatoms. The highest BCUT2D eigenvalue weighted by atomic mass is 16.5. The number of rotatable bonds is 2. The molecule has 0 aromatic rings. The van der Waals surface area contributed by atoms with Crippen LogP contribution < -0.4 is 0 Å². The number of morpholine rings is 1. The molecule has 0 radical (unpaired) electrons. The van der Waals surface area contributed by atoms with Gasteiger partial charge in [0.25, 0.3) is 5.91 Å². The van der Waals surface area contributed by atoms with Crippen LogP contribution in [0.2, 0.25) is 0 Å². The van der Waals surface area contributed by atoms with E-state index in [1.165, 1.54) is 4.90 Å². The summed E-state index contributed by atoms with van der Waals surface area (Å²) < 4.78 is 5.12. The number of ether oxygens (including phenoxy) is 1. The van der Waals surface area contributed by atoms with Crippen LogP contribution in [0.25, 0.3) is 0 Å². The molecule has 1 aliphatic heterocycles. The van der Waals surface area contributed by atoms with E-state index in [-0.39, 0.29) is 12.5 Å². The Labute approximate surface area is 100 Å². The second-order valence-electron chi connectivity index (χ2n) is 4.54. The monoisotopic (exact) mass is 239 g/mol. The molecule has 0 bridgehead atoms. The van der Waals surface area contributed by atoms with Crippen molar-refractivity contribution in [3.8, 4) is 0 Å². The Hall–Kier alpha value is -1.36. The third kappa shape index (κ3) is 2.34. The number of carbonyl (C=O) groups excluding carboxylic acids is 1. The highest BCUT2D eigenvalue weighted by Gasteiger charge is 2.35. The minimum absolute atomic E-state index is 0.0907. The zero-order chi connectivity index (χ0) is 12.4. The summed E-state index contributed by atoms with van der Waals surface area (Å²) in [4.78, 5) is 24.8. The molecule has 1 atom stereocenters. The molecule has 2 rings (SSSR count). The standard InChI is InChI=1S/C12H17NO4/c1-8-3-2-4-9(8)11(14)13-5-6-17-7-10(13)12(15)16/h10H,2-7H2,1H3,(H,15,16). The summed E-state index contributed by atoms with van der Waals surface area (Å²) in [7, 11) is 0. The highest BCUT2D eigenvalue weighted by Crippen LogP contribution is 2.28. The summed E-state index contributed by atoms with van der Waals surface area (Å²) >= 11 is 0. The molecule has 94 valence electrons. The molecule has 0 spiro atoms. The molecule has 1 saturated heterocycles. The maximum atomic E-state index is 12.3. The van der Waals surface area contributed by atoms with Crippen molar-refractivity contribution in [2.75, 3.05) is 19.8 Å². The van der Waals surface area contributed by atoms with Crippen LogP contribution in [-0.2, 0) is 14.3 Å². The Balaban J connectivity index is 2.17. The molecular weight excluding hydrogens is 222 g/mol. The molecule has 0 aromatic carbocycles. The number of amides is 1. The Morgan fingerprint density at radius 1 is 1.41 bits per heavy atom. The van der Waals surface area contributed by atoms with Crippen molar-refractivity contribution in [2.24, 2.45) is 0 Å². The lowest BCUT2D eigenvalue weighted by molar-refractivity contribution is -0.156. The zero-order valence-corrected chi connectivity index (χ0v) is 9.94. The first-order chi connectivity index (χ1) is 8.11. The van der Waals surface area contributed by atoms with Crippen molar-refractivity contribution in [1.29, 1.82) is 0 Å². The predicted molar refractivity (Wildman–Crippen MR) is 60.5 cm³/mol. The summed E-state index contributed by atoms with van der Waals surface area (Å²) in [6, 6.07) is -0.836. The molecule has 1 aliphatic carbocycles. The third-order valence-corrected chi connectivity index (χ3v) is 3.43. The maximum absolute atomic E-state index is 12.3. The SMILES string of the molecule is CC1=C(C(=O)N2CCOCC2C(=O)O)CCC1. The number of hydrogen-bond donors (Lipinski definition) is 1. The summed E-state index contributed by atoms with van der Waals surface area (Å²) in [5.41, 5.74) is 1.91. The van der Waals surface area contributed by atoms with Gasteiger partial charge in [0.2, 0.25) is 0 Å². The third-order valence-electron chi connectivity index (χ3n) is 3.43. The van der Waals surface area contributed by atoms with Crippen molar-refractivity contribution in [3.63, 3.8) is 0 Å². The van der Waals surface area contributed by atoms with E-state index in [1.807, 2.05) is 6.92 Å². The number of nitrogens with zero attached hydrogens (tertiary/aromatic N) is 1. The summed E-state index contributed by atoms with van der Waals surface area (Å²) in [5.74, 6) is -1.11. The zero-order valence-electron chi connectivity index (χ0n) is 9.94. The van der Waals surface area contributed by atoms with Gasteiger partial charge >= 0.3 is 5.97 Å². The Morgan fingerprint density at radius 2 is 2.18 bits per heavy atom. The van der Waals surface area contributed by atoms with E-state index < -0.39 is 12.0 Å². The quantitative estimate of drug-likeness (QED) is 0.774. The lowest BCUT2D eigenvalue weighted by Gasteiger charge is -2.33. The van der Waals surface area contributed by atoms with Crippen LogP contribution in [0.3, 0.4) is 0 Å². The van der Waals surface area contributed by atoms with Gasteiger partial charge in [-0.05, 0) is 26.2 Å². The van der Waals surface area contributed by atoms with E-state index in [0.717, 1.165) is 30.4 Å². The number of carboxylic acids is 1. The normalized spacial score (nSPS) is 25.2. The molecule has 1 fully saturated rings. The van der Waals surface area contributed by atoms with Crippen molar-refractivity contribution >= 4 is 11.9 Å². The second kappa shape index (κ2) is 4.87. The number of hydrogen-bond acceptors (Lipinski definition) is 3. The topological polar surface area (TPSA) is 66.8 Å². The fraction of sp³-hybridized carbons (Fsp3) is 0.667. The average Bonchev–Trinajstić information content (AvgIpc) is 2.74. The molecule has 1 N–H and O–H groups in total. The van der Waals surface area contributed by atoms with Gasteiger partial charge in [0.1, 0.15) is 0 Å².